The lowest BCUT2D eigenvalue weighted by molar-refractivity contribution is 0.386. The number of nitrogens with one attached hydrogen (secondary N) is 1. The van der Waals surface area contributed by atoms with Crippen molar-refractivity contribution in [2.75, 3.05) is 6.54 Å². The number of aryl methyl sites for hydroxylation is 1. The second kappa shape index (κ2) is 7.52. The van der Waals surface area contributed by atoms with E-state index < -0.39 is 0 Å². The Morgan fingerprint density at radius 2 is 2.00 bits per heavy atom. The van der Waals surface area contributed by atoms with Crippen LogP contribution in [0.25, 0.3) is 0 Å². The average Bonchev–Trinajstić information content (AvgIpc) is 2.32. The van der Waals surface area contributed by atoms with Crippen molar-refractivity contribution in [1.82, 2.24) is 5.32 Å². The molecule has 102 valence electrons. The van der Waals surface area contributed by atoms with Gasteiger partial charge in [-0.25, -0.2) is 4.39 Å². The largest absolute Gasteiger partial charge is 0.310 e. The molecule has 0 fully saturated rings. The van der Waals surface area contributed by atoms with Crippen LogP contribution < -0.4 is 5.32 Å². The van der Waals surface area contributed by atoms with E-state index >= 15 is 0 Å². The molecule has 0 bridgehead atoms. The maximum absolute atomic E-state index is 13.9. The third kappa shape index (κ3) is 4.41. The van der Waals surface area contributed by atoms with Crippen LogP contribution in [0.5, 0.6) is 0 Å². The van der Waals surface area contributed by atoms with E-state index in [9.17, 15) is 4.39 Å². The molecule has 0 saturated carbocycles. The second-order valence-electron chi connectivity index (χ2n) is 5.26. The van der Waals surface area contributed by atoms with Crippen molar-refractivity contribution < 1.29 is 4.39 Å². The summed E-state index contributed by atoms with van der Waals surface area (Å²) in [5.74, 6) is 0.536. The van der Waals surface area contributed by atoms with E-state index in [1.165, 1.54) is 12.8 Å². The molecule has 0 aliphatic rings. The van der Waals surface area contributed by atoms with Gasteiger partial charge >= 0.3 is 0 Å². The maximum Gasteiger partial charge on any atom is 0.127 e. The van der Waals surface area contributed by atoms with Crippen LogP contribution in [0.3, 0.4) is 0 Å². The molecular weight excluding hydrogens is 225 g/mol. The van der Waals surface area contributed by atoms with Gasteiger partial charge in [0.05, 0.1) is 0 Å². The molecule has 0 aliphatic carbocycles. The zero-order valence-electron chi connectivity index (χ0n) is 12.1. The third-order valence-corrected chi connectivity index (χ3v) is 3.40. The number of rotatable bonds is 7. The van der Waals surface area contributed by atoms with E-state index in [1.54, 1.807) is 6.07 Å². The summed E-state index contributed by atoms with van der Waals surface area (Å²) in [6.07, 6.45) is 3.40. The molecule has 1 nitrogen and oxygen atoms in total. The second-order valence-corrected chi connectivity index (χ2v) is 5.26. The molecule has 0 radical (unpaired) electrons. The number of benzene rings is 1. The molecule has 0 amide bonds. The molecule has 1 N–H and O–H groups in total. The van der Waals surface area contributed by atoms with Gasteiger partial charge in [-0.2, -0.15) is 0 Å². The smallest absolute Gasteiger partial charge is 0.127 e. The number of hydrogen-bond donors (Lipinski definition) is 1. The highest BCUT2D eigenvalue weighted by Gasteiger charge is 2.17. The quantitative estimate of drug-likeness (QED) is 0.746. The van der Waals surface area contributed by atoms with Gasteiger partial charge in [-0.1, -0.05) is 51.3 Å². The van der Waals surface area contributed by atoms with Crippen molar-refractivity contribution in [3.05, 3.63) is 35.1 Å². The molecule has 18 heavy (non-hydrogen) atoms. The average molecular weight is 251 g/mol. The third-order valence-electron chi connectivity index (χ3n) is 3.40. The molecular formula is C16H26FN. The van der Waals surface area contributed by atoms with Gasteiger partial charge in [0.2, 0.25) is 0 Å². The zero-order valence-corrected chi connectivity index (χ0v) is 12.1. The van der Waals surface area contributed by atoms with Crippen molar-refractivity contribution in [1.29, 1.82) is 0 Å². The SMILES string of the molecule is CCCC(C)CC(NCC)c1cc(C)ccc1F. The van der Waals surface area contributed by atoms with E-state index in [2.05, 4.69) is 26.1 Å². The highest BCUT2D eigenvalue weighted by molar-refractivity contribution is 5.27. The van der Waals surface area contributed by atoms with Gasteiger partial charge < -0.3 is 5.32 Å². The fourth-order valence-corrected chi connectivity index (χ4v) is 2.51. The van der Waals surface area contributed by atoms with Gasteiger partial charge in [0.15, 0.2) is 0 Å². The first kappa shape index (κ1) is 15.2. The van der Waals surface area contributed by atoms with Crippen molar-refractivity contribution in [3.8, 4) is 0 Å². The zero-order chi connectivity index (χ0) is 13.5. The molecule has 0 saturated heterocycles. The van der Waals surface area contributed by atoms with Crippen LogP contribution in [0.2, 0.25) is 0 Å². The Kier molecular flexibility index (Phi) is 6.34. The van der Waals surface area contributed by atoms with Crippen molar-refractivity contribution in [3.63, 3.8) is 0 Å². The predicted octanol–water partition coefficient (Wildman–Crippen LogP) is 4.61. The van der Waals surface area contributed by atoms with E-state index in [1.807, 2.05) is 19.1 Å². The minimum Gasteiger partial charge on any atom is -0.310 e. The Morgan fingerprint density at radius 3 is 2.61 bits per heavy atom. The minimum atomic E-state index is -0.0877. The molecule has 0 aliphatic heterocycles. The molecule has 2 unspecified atom stereocenters. The summed E-state index contributed by atoms with van der Waals surface area (Å²) in [7, 11) is 0. The van der Waals surface area contributed by atoms with E-state index in [-0.39, 0.29) is 11.9 Å². The fourth-order valence-electron chi connectivity index (χ4n) is 2.51. The maximum atomic E-state index is 13.9. The van der Waals surface area contributed by atoms with Gasteiger partial charge in [0, 0.05) is 11.6 Å². The van der Waals surface area contributed by atoms with Gasteiger partial charge in [0.1, 0.15) is 5.82 Å². The summed E-state index contributed by atoms with van der Waals surface area (Å²) < 4.78 is 13.9. The normalized spacial score (nSPS) is 14.5. The fraction of sp³-hybridized carbons (Fsp3) is 0.625. The molecule has 1 rings (SSSR count). The van der Waals surface area contributed by atoms with Crippen LogP contribution in [0.15, 0.2) is 18.2 Å². The molecule has 0 heterocycles. The van der Waals surface area contributed by atoms with E-state index in [4.69, 9.17) is 0 Å². The summed E-state index contributed by atoms with van der Waals surface area (Å²) in [4.78, 5) is 0. The highest BCUT2D eigenvalue weighted by Crippen LogP contribution is 2.26. The van der Waals surface area contributed by atoms with Crippen LogP contribution in [-0.2, 0) is 0 Å². The summed E-state index contributed by atoms with van der Waals surface area (Å²) in [6.45, 7) is 9.41. The Morgan fingerprint density at radius 1 is 1.28 bits per heavy atom. The standard InChI is InChI=1S/C16H26FN/c1-5-7-12(3)11-16(18-6-2)14-10-13(4)8-9-15(14)17/h8-10,12,16,18H,5-7,11H2,1-4H3. The van der Waals surface area contributed by atoms with Crippen molar-refractivity contribution in [2.24, 2.45) is 5.92 Å². The van der Waals surface area contributed by atoms with Crippen LogP contribution >= 0.6 is 0 Å². The molecule has 1 aromatic carbocycles. The Hall–Kier alpha value is -0.890. The highest BCUT2D eigenvalue weighted by atomic mass is 19.1. The lowest BCUT2D eigenvalue weighted by atomic mass is 9.92. The van der Waals surface area contributed by atoms with Crippen LogP contribution in [-0.4, -0.2) is 6.54 Å². The van der Waals surface area contributed by atoms with Crippen LogP contribution in [0.1, 0.15) is 57.2 Å². The van der Waals surface area contributed by atoms with Gasteiger partial charge in [-0.15, -0.1) is 0 Å². The van der Waals surface area contributed by atoms with E-state index in [0.717, 1.165) is 24.1 Å². The lowest BCUT2D eigenvalue weighted by Crippen LogP contribution is -2.24. The van der Waals surface area contributed by atoms with Gasteiger partial charge in [0.25, 0.3) is 0 Å². The number of hydrogen-bond acceptors (Lipinski definition) is 1. The molecule has 0 spiro atoms. The summed E-state index contributed by atoms with van der Waals surface area (Å²) in [6, 6.07) is 5.52. The topological polar surface area (TPSA) is 12.0 Å². The van der Waals surface area contributed by atoms with Crippen molar-refractivity contribution >= 4 is 0 Å². The minimum absolute atomic E-state index is 0.0877. The first-order chi connectivity index (χ1) is 8.58. The Balaban J connectivity index is 2.85. The van der Waals surface area contributed by atoms with Crippen molar-refractivity contribution in [2.45, 2.75) is 53.0 Å². The Labute approximate surface area is 111 Å². The monoisotopic (exact) mass is 251 g/mol. The lowest BCUT2D eigenvalue weighted by Gasteiger charge is -2.23. The van der Waals surface area contributed by atoms with Gasteiger partial charge in [-0.3, -0.25) is 0 Å². The molecule has 2 heteroatoms. The summed E-state index contributed by atoms with van der Waals surface area (Å²) >= 11 is 0. The number of halogens is 1. The van der Waals surface area contributed by atoms with E-state index in [0.29, 0.717) is 5.92 Å². The van der Waals surface area contributed by atoms with Crippen LogP contribution in [0, 0.1) is 18.7 Å². The first-order valence-corrected chi connectivity index (χ1v) is 7.07. The van der Waals surface area contributed by atoms with Gasteiger partial charge in [-0.05, 0) is 31.9 Å². The Bertz CT molecular complexity index is 362. The molecule has 2 atom stereocenters. The molecule has 0 aromatic heterocycles. The summed E-state index contributed by atoms with van der Waals surface area (Å²) in [5.41, 5.74) is 1.94. The first-order valence-electron chi connectivity index (χ1n) is 7.07. The summed E-state index contributed by atoms with van der Waals surface area (Å²) in [5, 5.41) is 3.42. The molecule has 1 aromatic rings. The van der Waals surface area contributed by atoms with Crippen LogP contribution in [0.4, 0.5) is 4.39 Å². The predicted molar refractivity (Wildman–Crippen MR) is 76.2 cm³/mol.